The van der Waals surface area contributed by atoms with Crippen LogP contribution in [0.25, 0.3) is 0 Å². The zero-order valence-electron chi connectivity index (χ0n) is 10.5. The van der Waals surface area contributed by atoms with E-state index in [0.717, 1.165) is 11.6 Å². The first kappa shape index (κ1) is 13.5. The van der Waals surface area contributed by atoms with Crippen molar-refractivity contribution < 1.29 is 14.5 Å². The molecule has 2 aromatic carbocycles. The summed E-state index contributed by atoms with van der Waals surface area (Å²) in [4.78, 5) is 21.4. The number of nitro groups is 1. The van der Waals surface area contributed by atoms with Crippen LogP contribution in [0, 0.1) is 10.1 Å². The Balaban J connectivity index is 2.23. The molecule has 1 amide bonds. The van der Waals surface area contributed by atoms with Gasteiger partial charge in [-0.1, -0.05) is 30.3 Å². The molecule has 0 atom stereocenters. The van der Waals surface area contributed by atoms with Crippen molar-refractivity contribution in [1.82, 2.24) is 0 Å². The van der Waals surface area contributed by atoms with Gasteiger partial charge in [-0.05, 0) is 17.7 Å². The molecule has 102 valence electrons. The molecule has 0 unspecified atom stereocenters. The quantitative estimate of drug-likeness (QED) is 0.667. The largest absolute Gasteiger partial charge is 0.482 e. The third kappa shape index (κ3) is 3.11. The summed E-state index contributed by atoms with van der Waals surface area (Å²) in [6, 6.07) is 13.2. The second kappa shape index (κ2) is 5.83. The van der Waals surface area contributed by atoms with Crippen molar-refractivity contribution in [1.29, 1.82) is 0 Å². The molecule has 0 spiro atoms. The van der Waals surface area contributed by atoms with Crippen LogP contribution in [0.2, 0.25) is 0 Å². The summed E-state index contributed by atoms with van der Waals surface area (Å²) in [5.74, 6) is -0.619. The van der Waals surface area contributed by atoms with E-state index in [0.29, 0.717) is 0 Å². The molecular formula is C14H12N2O4. The highest BCUT2D eigenvalue weighted by Gasteiger charge is 2.17. The number of rotatable bonds is 5. The van der Waals surface area contributed by atoms with Crippen LogP contribution in [0.5, 0.6) is 5.75 Å². The molecule has 2 N–H and O–H groups in total. The number of carbonyl (C=O) groups excluding carboxylic acids is 1. The molecule has 2 aromatic rings. The molecule has 0 heterocycles. The summed E-state index contributed by atoms with van der Waals surface area (Å²) in [5, 5.41) is 11.0. The van der Waals surface area contributed by atoms with E-state index in [1.165, 1.54) is 12.1 Å². The molecule has 0 aromatic heterocycles. The fourth-order valence-corrected chi connectivity index (χ4v) is 1.67. The van der Waals surface area contributed by atoms with Crippen LogP contribution in [0.3, 0.4) is 0 Å². The van der Waals surface area contributed by atoms with E-state index < -0.39 is 10.8 Å². The number of ether oxygens (including phenoxy) is 1. The molecule has 0 aliphatic heterocycles. The highest BCUT2D eigenvalue weighted by Crippen LogP contribution is 2.28. The number of hydrogen-bond acceptors (Lipinski definition) is 4. The maximum atomic E-state index is 11.0. The van der Waals surface area contributed by atoms with Gasteiger partial charge in [0.15, 0.2) is 5.75 Å². The Bertz CT molecular complexity index is 641. The standard InChI is InChI=1S/C14H12N2O4/c15-14(17)11-6-7-13(12(8-11)16(18)19)20-9-10-4-2-1-3-5-10/h1-8H,9H2,(H2,15,17). The number of nitrogens with two attached hydrogens (primary N) is 1. The van der Waals surface area contributed by atoms with Crippen LogP contribution < -0.4 is 10.5 Å². The molecule has 0 fully saturated rings. The van der Waals surface area contributed by atoms with Crippen LogP contribution in [0.15, 0.2) is 48.5 Å². The first-order valence-electron chi connectivity index (χ1n) is 5.83. The Morgan fingerprint density at radius 3 is 2.50 bits per heavy atom. The molecule has 0 radical (unpaired) electrons. The summed E-state index contributed by atoms with van der Waals surface area (Å²) >= 11 is 0. The number of nitrogens with zero attached hydrogens (tertiary/aromatic N) is 1. The van der Waals surface area contributed by atoms with Gasteiger partial charge in [0.2, 0.25) is 5.91 Å². The van der Waals surface area contributed by atoms with E-state index in [4.69, 9.17) is 10.5 Å². The van der Waals surface area contributed by atoms with Crippen molar-refractivity contribution in [2.24, 2.45) is 5.73 Å². The Morgan fingerprint density at radius 2 is 1.90 bits per heavy atom. The predicted octanol–water partition coefficient (Wildman–Crippen LogP) is 2.27. The van der Waals surface area contributed by atoms with Crippen LogP contribution in [-0.2, 0) is 6.61 Å². The molecule has 0 aliphatic carbocycles. The van der Waals surface area contributed by atoms with Crippen LogP contribution in [0.4, 0.5) is 5.69 Å². The zero-order valence-corrected chi connectivity index (χ0v) is 10.5. The van der Waals surface area contributed by atoms with Gasteiger partial charge in [-0.25, -0.2) is 0 Å². The Kier molecular flexibility index (Phi) is 3.95. The maximum Gasteiger partial charge on any atom is 0.311 e. The topological polar surface area (TPSA) is 95.5 Å². The van der Waals surface area contributed by atoms with Crippen molar-refractivity contribution in [3.05, 3.63) is 69.8 Å². The van der Waals surface area contributed by atoms with E-state index >= 15 is 0 Å². The first-order chi connectivity index (χ1) is 9.58. The van der Waals surface area contributed by atoms with E-state index in [1.54, 1.807) is 0 Å². The van der Waals surface area contributed by atoms with E-state index in [2.05, 4.69) is 0 Å². The van der Waals surface area contributed by atoms with Gasteiger partial charge in [0, 0.05) is 11.6 Å². The fraction of sp³-hybridized carbons (Fsp3) is 0.0714. The molecule has 6 nitrogen and oxygen atoms in total. The van der Waals surface area contributed by atoms with Gasteiger partial charge in [0.05, 0.1) is 4.92 Å². The van der Waals surface area contributed by atoms with E-state index in [1.807, 2.05) is 30.3 Å². The minimum absolute atomic E-state index is 0.0729. The van der Waals surface area contributed by atoms with Gasteiger partial charge in [0.25, 0.3) is 0 Å². The summed E-state index contributed by atoms with van der Waals surface area (Å²) in [7, 11) is 0. The lowest BCUT2D eigenvalue weighted by Crippen LogP contribution is -2.11. The lowest BCUT2D eigenvalue weighted by molar-refractivity contribution is -0.386. The predicted molar refractivity (Wildman–Crippen MR) is 72.4 cm³/mol. The number of carbonyl (C=O) groups is 1. The summed E-state index contributed by atoms with van der Waals surface area (Å²) in [5.41, 5.74) is 5.78. The Morgan fingerprint density at radius 1 is 1.20 bits per heavy atom. The van der Waals surface area contributed by atoms with Gasteiger partial charge < -0.3 is 10.5 Å². The average Bonchev–Trinajstić information content (AvgIpc) is 2.45. The van der Waals surface area contributed by atoms with Crippen LogP contribution in [-0.4, -0.2) is 10.8 Å². The second-order valence-electron chi connectivity index (χ2n) is 4.08. The molecule has 6 heteroatoms. The summed E-state index contributed by atoms with van der Waals surface area (Å²) < 4.78 is 5.43. The van der Waals surface area contributed by atoms with Crippen molar-refractivity contribution in [3.8, 4) is 5.75 Å². The van der Waals surface area contributed by atoms with Crippen molar-refractivity contribution in [2.75, 3.05) is 0 Å². The molecule has 2 rings (SSSR count). The van der Waals surface area contributed by atoms with E-state index in [9.17, 15) is 14.9 Å². The number of hydrogen-bond donors (Lipinski definition) is 1. The normalized spacial score (nSPS) is 10.0. The van der Waals surface area contributed by atoms with Gasteiger partial charge in [-0.2, -0.15) is 0 Å². The molecule has 0 saturated heterocycles. The molecule has 0 saturated carbocycles. The minimum Gasteiger partial charge on any atom is -0.482 e. The van der Waals surface area contributed by atoms with Crippen LogP contribution in [0.1, 0.15) is 15.9 Å². The number of primary amides is 1. The SMILES string of the molecule is NC(=O)c1ccc(OCc2ccccc2)c([N+](=O)[O-])c1. The van der Waals surface area contributed by atoms with Crippen molar-refractivity contribution in [3.63, 3.8) is 0 Å². The maximum absolute atomic E-state index is 11.0. The monoisotopic (exact) mass is 272 g/mol. The lowest BCUT2D eigenvalue weighted by Gasteiger charge is -2.07. The molecular weight excluding hydrogens is 260 g/mol. The number of amides is 1. The van der Waals surface area contributed by atoms with Gasteiger partial charge in [-0.15, -0.1) is 0 Å². The fourth-order valence-electron chi connectivity index (χ4n) is 1.67. The van der Waals surface area contributed by atoms with Gasteiger partial charge >= 0.3 is 5.69 Å². The van der Waals surface area contributed by atoms with Gasteiger partial charge in [0.1, 0.15) is 6.61 Å². The third-order valence-corrected chi connectivity index (χ3v) is 2.68. The molecule has 0 bridgehead atoms. The smallest absolute Gasteiger partial charge is 0.311 e. The third-order valence-electron chi connectivity index (χ3n) is 2.68. The molecule has 0 aliphatic rings. The zero-order chi connectivity index (χ0) is 14.5. The second-order valence-corrected chi connectivity index (χ2v) is 4.08. The average molecular weight is 272 g/mol. The molecule has 20 heavy (non-hydrogen) atoms. The number of benzene rings is 2. The lowest BCUT2D eigenvalue weighted by atomic mass is 10.2. The highest BCUT2D eigenvalue weighted by atomic mass is 16.6. The first-order valence-corrected chi connectivity index (χ1v) is 5.83. The van der Waals surface area contributed by atoms with Crippen LogP contribution >= 0.6 is 0 Å². The van der Waals surface area contributed by atoms with Crippen molar-refractivity contribution in [2.45, 2.75) is 6.61 Å². The van der Waals surface area contributed by atoms with Crippen molar-refractivity contribution >= 4 is 11.6 Å². The highest BCUT2D eigenvalue weighted by molar-refractivity contribution is 5.93. The summed E-state index contributed by atoms with van der Waals surface area (Å²) in [6.07, 6.45) is 0. The summed E-state index contributed by atoms with van der Waals surface area (Å²) in [6.45, 7) is 0.206. The van der Waals surface area contributed by atoms with E-state index in [-0.39, 0.29) is 23.6 Å². The van der Waals surface area contributed by atoms with Gasteiger partial charge in [-0.3, -0.25) is 14.9 Å². The minimum atomic E-state index is -0.720. The number of nitro benzene ring substituents is 1. The Labute approximate surface area is 114 Å². The Hall–Kier alpha value is -2.89.